The molecule has 7 rings (SSSR count). The Bertz CT molecular complexity index is 1520. The van der Waals surface area contributed by atoms with Gasteiger partial charge in [0.2, 0.25) is 17.1 Å². The van der Waals surface area contributed by atoms with Crippen molar-refractivity contribution < 1.29 is 4.57 Å². The molecule has 0 bridgehead atoms. The molecule has 168 valence electrons. The maximum Gasteiger partial charge on any atom is 0.223 e. The molecule has 2 aliphatic rings. The number of aromatic nitrogens is 1. The first-order valence-corrected chi connectivity index (χ1v) is 12.7. The third-order valence-electron chi connectivity index (χ3n) is 7.78. The molecule has 0 radical (unpaired) electrons. The van der Waals surface area contributed by atoms with Crippen LogP contribution < -0.4 is 4.57 Å². The SMILES string of the molecule is Cc1cccc(-[n+]2c3c(c(-c4ccccc4)c4c2-c2ccccc2CC4)CCc2ccccc2-3)c1. The van der Waals surface area contributed by atoms with Crippen molar-refractivity contribution in [1.82, 2.24) is 0 Å². The lowest BCUT2D eigenvalue weighted by Gasteiger charge is -2.28. The van der Waals surface area contributed by atoms with Crippen molar-refractivity contribution in [3.8, 4) is 39.3 Å². The van der Waals surface area contributed by atoms with E-state index in [-0.39, 0.29) is 0 Å². The Balaban J connectivity index is 1.71. The average Bonchev–Trinajstić information content (AvgIpc) is 2.92. The zero-order valence-corrected chi connectivity index (χ0v) is 20.1. The van der Waals surface area contributed by atoms with Crippen molar-refractivity contribution in [1.29, 1.82) is 0 Å². The van der Waals surface area contributed by atoms with Gasteiger partial charge in [-0.2, -0.15) is 4.57 Å². The predicted molar refractivity (Wildman–Crippen MR) is 144 cm³/mol. The van der Waals surface area contributed by atoms with Crippen LogP contribution in [0.2, 0.25) is 0 Å². The second kappa shape index (κ2) is 8.06. The van der Waals surface area contributed by atoms with Gasteiger partial charge in [-0.05, 0) is 67.0 Å². The fourth-order valence-electron chi connectivity index (χ4n) is 6.29. The molecule has 0 fully saturated rings. The molecule has 1 nitrogen and oxygen atoms in total. The van der Waals surface area contributed by atoms with Crippen molar-refractivity contribution in [3.05, 3.63) is 131 Å². The molecule has 35 heavy (non-hydrogen) atoms. The van der Waals surface area contributed by atoms with Crippen LogP contribution in [0.3, 0.4) is 0 Å². The van der Waals surface area contributed by atoms with E-state index in [0.29, 0.717) is 0 Å². The quantitative estimate of drug-likeness (QED) is 0.246. The van der Waals surface area contributed by atoms with Gasteiger partial charge in [-0.15, -0.1) is 0 Å². The summed E-state index contributed by atoms with van der Waals surface area (Å²) in [4.78, 5) is 0. The van der Waals surface area contributed by atoms with E-state index in [0.717, 1.165) is 25.7 Å². The number of aryl methyl sites for hydroxylation is 3. The highest BCUT2D eigenvalue weighted by molar-refractivity contribution is 5.85. The van der Waals surface area contributed by atoms with E-state index in [4.69, 9.17) is 0 Å². The summed E-state index contributed by atoms with van der Waals surface area (Å²) in [6.07, 6.45) is 4.31. The molecular formula is C34H28N+. The number of rotatable bonds is 2. The van der Waals surface area contributed by atoms with Crippen LogP contribution >= 0.6 is 0 Å². The number of benzene rings is 4. The standard InChI is InChI=1S/C34H28N/c1-23-10-9-15-27(22-23)35-33-28-16-7-5-11-24(28)18-20-30(33)32(26-13-3-2-4-14-26)31-21-19-25-12-6-8-17-29(25)34(31)35/h2-17,22H,18-21H2,1H3/q+1. The largest absolute Gasteiger partial charge is 0.223 e. The van der Waals surface area contributed by atoms with Gasteiger partial charge in [0.15, 0.2) is 0 Å². The third kappa shape index (κ3) is 3.19. The van der Waals surface area contributed by atoms with Crippen molar-refractivity contribution >= 4 is 0 Å². The summed E-state index contributed by atoms with van der Waals surface area (Å²) in [5.74, 6) is 0. The molecular weight excluding hydrogens is 422 g/mol. The number of hydrogen-bond acceptors (Lipinski definition) is 0. The highest BCUT2D eigenvalue weighted by atomic mass is 15.0. The van der Waals surface area contributed by atoms with Crippen LogP contribution in [-0.4, -0.2) is 0 Å². The minimum Gasteiger partial charge on any atom is -0.152 e. The second-order valence-electron chi connectivity index (χ2n) is 9.88. The van der Waals surface area contributed by atoms with Crippen LogP contribution in [-0.2, 0) is 25.7 Å². The summed E-state index contributed by atoms with van der Waals surface area (Å²) < 4.78 is 2.60. The van der Waals surface area contributed by atoms with Crippen LogP contribution in [0.25, 0.3) is 39.3 Å². The molecule has 0 saturated carbocycles. The van der Waals surface area contributed by atoms with E-state index in [1.807, 2.05) is 0 Å². The van der Waals surface area contributed by atoms with E-state index in [9.17, 15) is 0 Å². The average molecular weight is 451 g/mol. The third-order valence-corrected chi connectivity index (χ3v) is 7.78. The van der Waals surface area contributed by atoms with Gasteiger partial charge in [0, 0.05) is 28.8 Å². The molecule has 0 unspecified atom stereocenters. The summed E-state index contributed by atoms with van der Waals surface area (Å²) >= 11 is 0. The van der Waals surface area contributed by atoms with Crippen molar-refractivity contribution in [2.24, 2.45) is 0 Å². The first-order chi connectivity index (χ1) is 17.3. The van der Waals surface area contributed by atoms with Gasteiger partial charge < -0.3 is 0 Å². The first kappa shape index (κ1) is 20.4. The van der Waals surface area contributed by atoms with Crippen LogP contribution in [0.15, 0.2) is 103 Å². The fraction of sp³-hybridized carbons (Fsp3) is 0.147. The smallest absolute Gasteiger partial charge is 0.152 e. The molecule has 1 heterocycles. The van der Waals surface area contributed by atoms with Gasteiger partial charge in [-0.3, -0.25) is 0 Å². The number of fused-ring (bicyclic) bond motifs is 6. The van der Waals surface area contributed by atoms with E-state index < -0.39 is 0 Å². The van der Waals surface area contributed by atoms with Crippen molar-refractivity contribution in [2.45, 2.75) is 32.6 Å². The highest BCUT2D eigenvalue weighted by Gasteiger charge is 2.38. The monoisotopic (exact) mass is 450 g/mol. The lowest BCUT2D eigenvalue weighted by atomic mass is 9.77. The predicted octanol–water partition coefficient (Wildman–Crippen LogP) is 7.47. The normalized spacial score (nSPS) is 13.4. The Morgan fingerprint density at radius 3 is 1.71 bits per heavy atom. The number of nitrogens with zero attached hydrogens (tertiary/aromatic N) is 1. The lowest BCUT2D eigenvalue weighted by molar-refractivity contribution is -0.573. The Morgan fingerprint density at radius 1 is 0.543 bits per heavy atom. The molecule has 0 N–H and O–H groups in total. The van der Waals surface area contributed by atoms with E-state index in [1.54, 1.807) is 0 Å². The minimum absolute atomic E-state index is 1.07. The molecule has 1 aromatic heterocycles. The lowest BCUT2D eigenvalue weighted by Crippen LogP contribution is -2.41. The van der Waals surface area contributed by atoms with Gasteiger partial charge in [-0.1, -0.05) is 78.9 Å². The summed E-state index contributed by atoms with van der Waals surface area (Å²) in [7, 11) is 0. The molecule has 4 aromatic carbocycles. The maximum absolute atomic E-state index is 2.60. The summed E-state index contributed by atoms with van der Waals surface area (Å²) in [6, 6.07) is 38.2. The maximum atomic E-state index is 2.60. The molecule has 0 atom stereocenters. The molecule has 2 aliphatic carbocycles. The molecule has 0 amide bonds. The van der Waals surface area contributed by atoms with Crippen LogP contribution in [0.1, 0.15) is 27.8 Å². The van der Waals surface area contributed by atoms with Gasteiger partial charge in [-0.25, -0.2) is 0 Å². The number of pyridine rings is 1. The van der Waals surface area contributed by atoms with Crippen LogP contribution in [0.4, 0.5) is 0 Å². The van der Waals surface area contributed by atoms with Gasteiger partial charge >= 0.3 is 0 Å². The van der Waals surface area contributed by atoms with Crippen LogP contribution in [0, 0.1) is 6.92 Å². The molecule has 5 aromatic rings. The van der Waals surface area contributed by atoms with Crippen molar-refractivity contribution in [3.63, 3.8) is 0 Å². The zero-order chi connectivity index (χ0) is 23.4. The summed E-state index contributed by atoms with van der Waals surface area (Å²) in [6.45, 7) is 2.20. The first-order valence-electron chi connectivity index (χ1n) is 12.7. The Kier molecular flexibility index (Phi) is 4.70. The Morgan fingerprint density at radius 2 is 1.11 bits per heavy atom. The van der Waals surface area contributed by atoms with Crippen LogP contribution in [0.5, 0.6) is 0 Å². The second-order valence-corrected chi connectivity index (χ2v) is 9.88. The minimum atomic E-state index is 1.07. The Labute approximate surface area is 207 Å². The van der Waals surface area contributed by atoms with E-state index >= 15 is 0 Å². The van der Waals surface area contributed by atoms with Gasteiger partial charge in [0.05, 0.1) is 11.1 Å². The van der Waals surface area contributed by atoms with Gasteiger partial charge in [0.1, 0.15) is 0 Å². The van der Waals surface area contributed by atoms with Gasteiger partial charge in [0.25, 0.3) is 0 Å². The zero-order valence-electron chi connectivity index (χ0n) is 20.1. The molecule has 0 saturated heterocycles. The topological polar surface area (TPSA) is 3.88 Å². The molecule has 1 heteroatoms. The number of hydrogen-bond donors (Lipinski definition) is 0. The molecule has 0 spiro atoms. The summed E-state index contributed by atoms with van der Waals surface area (Å²) in [5.41, 5.74) is 16.7. The molecule has 0 aliphatic heterocycles. The van der Waals surface area contributed by atoms with E-state index in [2.05, 4.69) is 115 Å². The highest BCUT2D eigenvalue weighted by Crippen LogP contribution is 2.45. The van der Waals surface area contributed by atoms with E-state index in [1.165, 1.54) is 67.1 Å². The summed E-state index contributed by atoms with van der Waals surface area (Å²) in [5, 5.41) is 0. The Hall–Kier alpha value is -3.97. The fourth-order valence-corrected chi connectivity index (χ4v) is 6.29. The van der Waals surface area contributed by atoms with Crippen molar-refractivity contribution in [2.75, 3.05) is 0 Å².